The fourth-order valence-corrected chi connectivity index (χ4v) is 3.82. The van der Waals surface area contributed by atoms with Gasteiger partial charge in [0.2, 0.25) is 11.8 Å². The normalized spacial score (nSPS) is 16.9. The van der Waals surface area contributed by atoms with Gasteiger partial charge in [-0.3, -0.25) is 19.4 Å². The maximum absolute atomic E-state index is 12.5. The molecule has 0 aliphatic carbocycles. The molecule has 1 fully saturated rings. The van der Waals surface area contributed by atoms with Crippen molar-refractivity contribution < 1.29 is 9.59 Å². The van der Waals surface area contributed by atoms with Gasteiger partial charge in [-0.2, -0.15) is 0 Å². The lowest BCUT2D eigenvalue weighted by Gasteiger charge is -2.34. The summed E-state index contributed by atoms with van der Waals surface area (Å²) in [5.74, 6) is 0.0903. The Balaban J connectivity index is 1.43. The molecule has 2 N–H and O–H groups in total. The second-order valence-electron chi connectivity index (χ2n) is 9.25. The van der Waals surface area contributed by atoms with Gasteiger partial charge >= 0.3 is 0 Å². The number of carbonyl (C=O) groups is 2. The molecule has 1 aliphatic heterocycles. The molecule has 3 rings (SSSR count). The molecule has 162 valence electrons. The Labute approximate surface area is 179 Å². The molecule has 0 radical (unpaired) electrons. The van der Waals surface area contributed by atoms with Crippen molar-refractivity contribution in [1.29, 1.82) is 0 Å². The van der Waals surface area contributed by atoms with E-state index < -0.39 is 0 Å². The van der Waals surface area contributed by atoms with Crippen molar-refractivity contribution in [2.45, 2.75) is 39.3 Å². The zero-order chi connectivity index (χ0) is 21.7. The van der Waals surface area contributed by atoms with Crippen LogP contribution >= 0.6 is 0 Å². The Morgan fingerprint density at radius 2 is 1.47 bits per heavy atom. The van der Waals surface area contributed by atoms with E-state index in [0.717, 1.165) is 31.7 Å². The van der Waals surface area contributed by atoms with E-state index in [2.05, 4.69) is 50.8 Å². The number of fused-ring (bicyclic) bond motifs is 1. The zero-order valence-corrected chi connectivity index (χ0v) is 18.6. The number of carbonyl (C=O) groups excluding carboxylic acids is 2. The molecule has 1 unspecified atom stereocenters. The predicted molar refractivity (Wildman–Crippen MR) is 121 cm³/mol. The molecule has 0 spiro atoms. The number of benzene rings is 2. The van der Waals surface area contributed by atoms with Gasteiger partial charge in [-0.15, -0.1) is 0 Å². The maximum Gasteiger partial charge on any atom is 0.234 e. The minimum atomic E-state index is -0.210. The van der Waals surface area contributed by atoms with Gasteiger partial charge in [-0.25, -0.2) is 0 Å². The quantitative estimate of drug-likeness (QED) is 0.768. The van der Waals surface area contributed by atoms with Crippen LogP contribution in [0.15, 0.2) is 42.5 Å². The summed E-state index contributed by atoms with van der Waals surface area (Å²) in [4.78, 5) is 28.9. The minimum Gasteiger partial charge on any atom is -0.350 e. The molecule has 0 aromatic heterocycles. The van der Waals surface area contributed by atoms with Crippen molar-refractivity contribution in [2.75, 3.05) is 39.3 Å². The molecule has 2 amide bonds. The summed E-state index contributed by atoms with van der Waals surface area (Å²) in [5.41, 5.74) is 0.898. The molecule has 2 aromatic rings. The largest absolute Gasteiger partial charge is 0.350 e. The molecule has 6 nitrogen and oxygen atoms in total. The Morgan fingerprint density at radius 3 is 2.07 bits per heavy atom. The fourth-order valence-electron chi connectivity index (χ4n) is 3.82. The number of rotatable bonds is 6. The summed E-state index contributed by atoms with van der Waals surface area (Å²) in [6.07, 6.45) is 0. The third-order valence-electron chi connectivity index (χ3n) is 5.36. The van der Waals surface area contributed by atoms with Crippen molar-refractivity contribution >= 4 is 22.6 Å². The van der Waals surface area contributed by atoms with Crippen LogP contribution in [-0.4, -0.2) is 66.4 Å². The number of piperazine rings is 1. The first-order chi connectivity index (χ1) is 14.2. The molecule has 1 atom stereocenters. The van der Waals surface area contributed by atoms with Crippen LogP contribution in [0.25, 0.3) is 10.8 Å². The van der Waals surface area contributed by atoms with Gasteiger partial charge < -0.3 is 10.6 Å². The first kappa shape index (κ1) is 22.2. The van der Waals surface area contributed by atoms with Crippen LogP contribution < -0.4 is 10.6 Å². The SMILES string of the molecule is CC(NC(=O)CN1CCN(CC(=O)NC(C)(C)C)CC1)c1ccc2ccccc2c1. The number of hydrogen-bond acceptors (Lipinski definition) is 4. The second kappa shape index (κ2) is 9.58. The number of nitrogens with zero attached hydrogens (tertiary/aromatic N) is 2. The van der Waals surface area contributed by atoms with Gasteiger partial charge in [0.15, 0.2) is 0 Å². The van der Waals surface area contributed by atoms with E-state index in [-0.39, 0.29) is 23.4 Å². The smallest absolute Gasteiger partial charge is 0.234 e. The Kier molecular flexibility index (Phi) is 7.10. The monoisotopic (exact) mass is 410 g/mol. The molecule has 1 heterocycles. The maximum atomic E-state index is 12.5. The van der Waals surface area contributed by atoms with Crippen LogP contribution in [0.1, 0.15) is 39.3 Å². The van der Waals surface area contributed by atoms with Gasteiger partial charge in [-0.05, 0) is 50.1 Å². The average Bonchev–Trinajstić information content (AvgIpc) is 2.67. The Hall–Kier alpha value is -2.44. The zero-order valence-electron chi connectivity index (χ0n) is 18.6. The van der Waals surface area contributed by atoms with E-state index in [1.165, 1.54) is 10.8 Å². The first-order valence-corrected chi connectivity index (χ1v) is 10.7. The van der Waals surface area contributed by atoms with E-state index in [4.69, 9.17) is 0 Å². The highest BCUT2D eigenvalue weighted by molar-refractivity contribution is 5.83. The van der Waals surface area contributed by atoms with Gasteiger partial charge in [0, 0.05) is 31.7 Å². The molecule has 1 aliphatic rings. The van der Waals surface area contributed by atoms with E-state index >= 15 is 0 Å². The van der Waals surface area contributed by atoms with Gasteiger partial charge in [0.05, 0.1) is 19.1 Å². The van der Waals surface area contributed by atoms with Crippen LogP contribution in [-0.2, 0) is 9.59 Å². The third kappa shape index (κ3) is 6.54. The topological polar surface area (TPSA) is 64.7 Å². The molecule has 1 saturated heterocycles. The second-order valence-corrected chi connectivity index (χ2v) is 9.25. The minimum absolute atomic E-state index is 0.0367. The summed E-state index contributed by atoms with van der Waals surface area (Å²) in [6, 6.07) is 14.5. The van der Waals surface area contributed by atoms with Gasteiger partial charge in [-0.1, -0.05) is 36.4 Å². The summed E-state index contributed by atoms with van der Waals surface area (Å²) in [6.45, 7) is 12.0. The molecule has 0 saturated carbocycles. The highest BCUT2D eigenvalue weighted by Crippen LogP contribution is 2.20. The highest BCUT2D eigenvalue weighted by Gasteiger charge is 2.22. The molecular weight excluding hydrogens is 376 g/mol. The molecule has 6 heteroatoms. The van der Waals surface area contributed by atoms with Crippen molar-refractivity contribution in [2.24, 2.45) is 0 Å². The number of amides is 2. The van der Waals surface area contributed by atoms with Crippen LogP contribution in [0, 0.1) is 0 Å². The summed E-state index contributed by atoms with van der Waals surface area (Å²) >= 11 is 0. The van der Waals surface area contributed by atoms with Crippen LogP contribution in [0.3, 0.4) is 0 Å². The summed E-state index contributed by atoms with van der Waals surface area (Å²) < 4.78 is 0. The highest BCUT2D eigenvalue weighted by atomic mass is 16.2. The fraction of sp³-hybridized carbons (Fsp3) is 0.500. The van der Waals surface area contributed by atoms with Crippen LogP contribution in [0.5, 0.6) is 0 Å². The van der Waals surface area contributed by atoms with Gasteiger partial charge in [0.25, 0.3) is 0 Å². The summed E-state index contributed by atoms with van der Waals surface area (Å²) in [5, 5.41) is 8.50. The lowest BCUT2D eigenvalue weighted by molar-refractivity contribution is -0.126. The molecule has 0 bridgehead atoms. The lowest BCUT2D eigenvalue weighted by atomic mass is 10.0. The van der Waals surface area contributed by atoms with Crippen molar-refractivity contribution in [3.63, 3.8) is 0 Å². The Bertz CT molecular complexity index is 882. The molecule has 30 heavy (non-hydrogen) atoms. The predicted octanol–water partition coefficient (Wildman–Crippen LogP) is 2.55. The standard InChI is InChI=1S/C24H34N4O2/c1-18(20-10-9-19-7-5-6-8-21(19)15-20)25-22(29)16-27-11-13-28(14-12-27)17-23(30)26-24(2,3)4/h5-10,15,18H,11-14,16-17H2,1-4H3,(H,25,29)(H,26,30). The van der Waals surface area contributed by atoms with E-state index in [1.807, 2.05) is 39.8 Å². The first-order valence-electron chi connectivity index (χ1n) is 10.7. The third-order valence-corrected chi connectivity index (χ3v) is 5.36. The van der Waals surface area contributed by atoms with Crippen LogP contribution in [0.4, 0.5) is 0 Å². The molecule has 2 aromatic carbocycles. The van der Waals surface area contributed by atoms with Gasteiger partial charge in [0.1, 0.15) is 0 Å². The van der Waals surface area contributed by atoms with E-state index in [9.17, 15) is 9.59 Å². The van der Waals surface area contributed by atoms with Crippen LogP contribution in [0.2, 0.25) is 0 Å². The van der Waals surface area contributed by atoms with Crippen molar-refractivity contribution in [3.8, 4) is 0 Å². The van der Waals surface area contributed by atoms with E-state index in [0.29, 0.717) is 13.1 Å². The number of nitrogens with one attached hydrogen (secondary N) is 2. The Morgan fingerprint density at radius 1 is 0.900 bits per heavy atom. The van der Waals surface area contributed by atoms with E-state index in [1.54, 1.807) is 0 Å². The van der Waals surface area contributed by atoms with Crippen molar-refractivity contribution in [1.82, 2.24) is 20.4 Å². The lowest BCUT2D eigenvalue weighted by Crippen LogP contribution is -2.53. The van der Waals surface area contributed by atoms with Crippen molar-refractivity contribution in [3.05, 3.63) is 48.0 Å². The number of hydrogen-bond donors (Lipinski definition) is 2. The summed E-state index contributed by atoms with van der Waals surface area (Å²) in [7, 11) is 0. The molecular formula is C24H34N4O2. The average molecular weight is 411 g/mol.